The molecule has 0 saturated carbocycles. The van der Waals surface area contributed by atoms with E-state index in [9.17, 15) is 9.59 Å². The number of hydrogen-bond acceptors (Lipinski definition) is 9. The maximum absolute atomic E-state index is 13.3. The quantitative estimate of drug-likeness (QED) is 0.226. The standard InChI is InChI=1S/C30H27N7O4S2/c1-40-24-10-5-4-9-23(24)37-27(25-11-6-16-41-25)33-34-30(37)43-18-26-31-21(17-42-26)28(38)35-14-12-19(13-15-35)36-22-8-3-2-7-20(22)32-29(36)39/h2-11,16-17,19H,12-15,18H2,1H3,(H,32,39). The van der Waals surface area contributed by atoms with Gasteiger partial charge in [0.05, 0.1) is 35.8 Å². The fourth-order valence-corrected chi connectivity index (χ4v) is 7.22. The summed E-state index contributed by atoms with van der Waals surface area (Å²) in [6.07, 6.45) is 3.01. The molecule has 2 aromatic carbocycles. The van der Waals surface area contributed by atoms with Gasteiger partial charge < -0.3 is 19.0 Å². The number of nitrogens with zero attached hydrogens (tertiary/aromatic N) is 6. The number of aromatic amines is 1. The second-order valence-electron chi connectivity index (χ2n) is 10.0. The van der Waals surface area contributed by atoms with Gasteiger partial charge in [-0.2, -0.15) is 0 Å². The summed E-state index contributed by atoms with van der Waals surface area (Å²) < 4.78 is 15.0. The Morgan fingerprint density at radius 1 is 1.09 bits per heavy atom. The molecule has 218 valence electrons. The van der Waals surface area contributed by atoms with Crippen molar-refractivity contribution in [3.05, 3.63) is 93.5 Å². The highest BCUT2D eigenvalue weighted by Crippen LogP contribution is 2.34. The van der Waals surface area contributed by atoms with Crippen molar-refractivity contribution in [1.82, 2.24) is 34.2 Å². The summed E-state index contributed by atoms with van der Waals surface area (Å²) in [5, 5.41) is 12.1. The first kappa shape index (κ1) is 27.2. The van der Waals surface area contributed by atoms with Gasteiger partial charge in [-0.15, -0.1) is 21.5 Å². The Kier molecular flexibility index (Phi) is 7.33. The highest BCUT2D eigenvalue weighted by Gasteiger charge is 2.28. The summed E-state index contributed by atoms with van der Waals surface area (Å²) in [6, 6.07) is 19.1. The molecule has 1 fully saturated rings. The minimum atomic E-state index is -0.106. The van der Waals surface area contributed by atoms with Crippen molar-refractivity contribution in [1.29, 1.82) is 0 Å². The largest absolute Gasteiger partial charge is 0.495 e. The van der Waals surface area contributed by atoms with E-state index in [2.05, 4.69) is 20.2 Å². The second kappa shape index (κ2) is 11.6. The van der Waals surface area contributed by atoms with E-state index in [1.807, 2.05) is 80.1 Å². The number of amides is 1. The van der Waals surface area contributed by atoms with Crippen molar-refractivity contribution in [2.24, 2.45) is 0 Å². The van der Waals surface area contributed by atoms with Crippen LogP contribution < -0.4 is 10.4 Å². The van der Waals surface area contributed by atoms with Gasteiger partial charge in [-0.3, -0.25) is 13.9 Å². The van der Waals surface area contributed by atoms with Crippen LogP contribution in [0.15, 0.2) is 86.7 Å². The predicted octanol–water partition coefficient (Wildman–Crippen LogP) is 5.41. The summed E-state index contributed by atoms with van der Waals surface area (Å²) in [7, 11) is 1.63. The van der Waals surface area contributed by atoms with Gasteiger partial charge in [-0.1, -0.05) is 36.0 Å². The van der Waals surface area contributed by atoms with E-state index < -0.39 is 0 Å². The van der Waals surface area contributed by atoms with Crippen LogP contribution in [0.3, 0.4) is 0 Å². The molecule has 0 radical (unpaired) electrons. The second-order valence-corrected chi connectivity index (χ2v) is 11.9. The van der Waals surface area contributed by atoms with Gasteiger partial charge in [0, 0.05) is 24.5 Å². The molecule has 7 rings (SSSR count). The van der Waals surface area contributed by atoms with Crippen LogP contribution in [0.5, 0.6) is 5.75 Å². The predicted molar refractivity (Wildman–Crippen MR) is 164 cm³/mol. The number of nitrogens with one attached hydrogen (secondary N) is 1. The Morgan fingerprint density at radius 3 is 2.72 bits per heavy atom. The lowest BCUT2D eigenvalue weighted by Crippen LogP contribution is -2.40. The average Bonchev–Trinajstić information content (AvgIpc) is 3.85. The van der Waals surface area contributed by atoms with Crippen LogP contribution >= 0.6 is 23.1 Å². The zero-order chi connectivity index (χ0) is 29.3. The van der Waals surface area contributed by atoms with Crippen LogP contribution in [0, 0.1) is 0 Å². The van der Waals surface area contributed by atoms with Crippen LogP contribution in [0.2, 0.25) is 0 Å². The summed E-state index contributed by atoms with van der Waals surface area (Å²) >= 11 is 2.92. The normalized spacial score (nSPS) is 14.0. The molecule has 0 atom stereocenters. The van der Waals surface area contributed by atoms with Gasteiger partial charge in [-0.25, -0.2) is 9.78 Å². The first-order valence-electron chi connectivity index (χ1n) is 13.8. The number of methoxy groups -OCH3 is 1. The van der Waals surface area contributed by atoms with Crippen molar-refractivity contribution in [3.63, 3.8) is 0 Å². The number of aromatic nitrogens is 6. The summed E-state index contributed by atoms with van der Waals surface area (Å²) in [6.45, 7) is 1.13. The fourth-order valence-electron chi connectivity index (χ4n) is 5.49. The van der Waals surface area contributed by atoms with Crippen molar-refractivity contribution in [2.45, 2.75) is 29.8 Å². The van der Waals surface area contributed by atoms with E-state index in [1.165, 1.54) is 23.1 Å². The number of ether oxygens (including phenoxy) is 1. The van der Waals surface area contributed by atoms with Gasteiger partial charge in [0.1, 0.15) is 16.5 Å². The lowest BCUT2D eigenvalue weighted by atomic mass is 10.0. The van der Waals surface area contributed by atoms with E-state index in [4.69, 9.17) is 9.15 Å². The van der Waals surface area contributed by atoms with Crippen molar-refractivity contribution in [2.75, 3.05) is 20.2 Å². The number of fused-ring (bicyclic) bond motifs is 1. The molecule has 1 aliphatic rings. The molecule has 0 spiro atoms. The number of carbonyl (C=O) groups is 1. The van der Waals surface area contributed by atoms with Gasteiger partial charge >= 0.3 is 5.69 Å². The van der Waals surface area contributed by atoms with Crippen molar-refractivity contribution < 1.29 is 13.9 Å². The minimum absolute atomic E-state index is 0.0433. The number of thiazole rings is 1. The third-order valence-corrected chi connectivity index (χ3v) is 9.51. The molecule has 0 aliphatic carbocycles. The zero-order valence-corrected chi connectivity index (χ0v) is 24.8. The molecule has 0 unspecified atom stereocenters. The number of benzene rings is 2. The van der Waals surface area contributed by atoms with Gasteiger partial charge in [-0.05, 0) is 49.2 Å². The topological polar surface area (TPSA) is 124 Å². The average molecular weight is 614 g/mol. The molecule has 4 aromatic heterocycles. The number of hydrogen-bond donors (Lipinski definition) is 1. The van der Waals surface area contributed by atoms with Gasteiger partial charge in [0.15, 0.2) is 10.9 Å². The Balaban J connectivity index is 1.04. The Hall–Kier alpha value is -4.62. The monoisotopic (exact) mass is 613 g/mol. The number of para-hydroxylation sites is 4. The molecule has 6 aromatic rings. The summed E-state index contributed by atoms with van der Waals surface area (Å²) in [5.41, 5.74) is 2.85. The number of furan rings is 1. The molecule has 5 heterocycles. The Labute approximate surface area is 254 Å². The SMILES string of the molecule is COc1ccccc1-n1c(SCc2nc(C(=O)N3CCC(n4c(=O)[nH]c5ccccc54)CC3)cs2)nnc1-c1ccco1. The lowest BCUT2D eigenvalue weighted by molar-refractivity contribution is 0.0689. The van der Waals surface area contributed by atoms with Crippen molar-refractivity contribution >= 4 is 40.0 Å². The number of imidazole rings is 1. The molecular weight excluding hydrogens is 587 g/mol. The van der Waals surface area contributed by atoms with Crippen LogP contribution in [-0.2, 0) is 5.75 Å². The molecule has 1 amide bonds. The molecule has 1 N–H and O–H groups in total. The first-order chi connectivity index (χ1) is 21.1. The Bertz CT molecular complexity index is 1950. The lowest BCUT2D eigenvalue weighted by Gasteiger charge is -2.32. The molecule has 43 heavy (non-hydrogen) atoms. The maximum Gasteiger partial charge on any atom is 0.326 e. The summed E-state index contributed by atoms with van der Waals surface area (Å²) in [4.78, 5) is 35.4. The molecule has 13 heteroatoms. The number of rotatable bonds is 8. The van der Waals surface area contributed by atoms with E-state index in [1.54, 1.807) is 13.4 Å². The molecular formula is C30H27N7O4S2. The number of piperidine rings is 1. The first-order valence-corrected chi connectivity index (χ1v) is 15.7. The van der Waals surface area contributed by atoms with Crippen LogP contribution in [-0.4, -0.2) is 60.3 Å². The minimum Gasteiger partial charge on any atom is -0.495 e. The van der Waals surface area contributed by atoms with Gasteiger partial charge in [0.25, 0.3) is 5.91 Å². The van der Waals surface area contributed by atoms with Gasteiger partial charge in [0.2, 0.25) is 5.82 Å². The Morgan fingerprint density at radius 2 is 1.91 bits per heavy atom. The smallest absolute Gasteiger partial charge is 0.326 e. The van der Waals surface area contributed by atoms with Crippen LogP contribution in [0.1, 0.15) is 34.4 Å². The number of H-pyrrole nitrogens is 1. The summed E-state index contributed by atoms with van der Waals surface area (Å²) in [5.74, 6) is 2.25. The molecule has 0 bridgehead atoms. The number of thioether (sulfide) groups is 1. The van der Waals surface area contributed by atoms with Crippen LogP contribution in [0.25, 0.3) is 28.3 Å². The third kappa shape index (κ3) is 5.14. The fraction of sp³-hybridized carbons (Fsp3) is 0.233. The zero-order valence-electron chi connectivity index (χ0n) is 23.2. The molecule has 11 nitrogen and oxygen atoms in total. The van der Waals surface area contributed by atoms with E-state index in [0.29, 0.717) is 59.9 Å². The van der Waals surface area contributed by atoms with Crippen LogP contribution in [0.4, 0.5) is 0 Å². The van der Waals surface area contributed by atoms with E-state index in [-0.39, 0.29) is 17.6 Å². The highest BCUT2D eigenvalue weighted by atomic mass is 32.2. The van der Waals surface area contributed by atoms with E-state index in [0.717, 1.165) is 21.7 Å². The van der Waals surface area contributed by atoms with E-state index >= 15 is 0 Å². The van der Waals surface area contributed by atoms with Crippen molar-refractivity contribution in [3.8, 4) is 23.0 Å². The number of likely N-dealkylation sites (tertiary alicyclic amines) is 1. The molecule has 1 aliphatic heterocycles. The molecule has 1 saturated heterocycles. The maximum atomic E-state index is 13.3. The number of carbonyl (C=O) groups excluding carboxylic acids is 1. The highest BCUT2D eigenvalue weighted by molar-refractivity contribution is 7.98. The third-order valence-electron chi connectivity index (χ3n) is 7.54.